The zero-order valence-electron chi connectivity index (χ0n) is 12.6. The molecule has 1 amide bonds. The van der Waals surface area contributed by atoms with Gasteiger partial charge in [0, 0.05) is 23.7 Å². The maximum atomic E-state index is 11.9. The second kappa shape index (κ2) is 8.36. The molecule has 1 atom stereocenters. The molecule has 1 rings (SSSR count). The van der Waals surface area contributed by atoms with Crippen LogP contribution in [0, 0.1) is 23.0 Å². The fourth-order valence-electron chi connectivity index (χ4n) is 2.29. The third-order valence-corrected chi connectivity index (χ3v) is 3.61. The SMILES string of the molecule is CCC(CCN)CCC(=O)Nc1ccc([N+](=O)[O-])c(C)c1. The van der Waals surface area contributed by atoms with Crippen molar-refractivity contribution in [3.8, 4) is 0 Å². The Kier molecular flexibility index (Phi) is 6.81. The summed E-state index contributed by atoms with van der Waals surface area (Å²) >= 11 is 0. The van der Waals surface area contributed by atoms with Gasteiger partial charge in [0.15, 0.2) is 0 Å². The first-order valence-corrected chi connectivity index (χ1v) is 7.22. The molecule has 0 bridgehead atoms. The van der Waals surface area contributed by atoms with Gasteiger partial charge in [-0.3, -0.25) is 14.9 Å². The molecule has 0 fully saturated rings. The predicted molar refractivity (Wildman–Crippen MR) is 83.1 cm³/mol. The van der Waals surface area contributed by atoms with Crippen LogP contribution in [-0.2, 0) is 4.79 Å². The number of carbonyl (C=O) groups excluding carboxylic acids is 1. The van der Waals surface area contributed by atoms with E-state index in [4.69, 9.17) is 5.73 Å². The topological polar surface area (TPSA) is 98.3 Å². The van der Waals surface area contributed by atoms with E-state index < -0.39 is 4.92 Å². The quantitative estimate of drug-likeness (QED) is 0.568. The first kappa shape index (κ1) is 17.1. The minimum Gasteiger partial charge on any atom is -0.330 e. The standard InChI is InChI=1S/C15H23N3O3/c1-3-12(8-9-16)4-7-15(19)17-13-5-6-14(18(20)21)11(2)10-13/h5-6,10,12H,3-4,7-9,16H2,1-2H3,(H,17,19). The molecule has 1 unspecified atom stereocenters. The number of nitrogens with two attached hydrogens (primary N) is 1. The van der Waals surface area contributed by atoms with Crippen LogP contribution in [0.1, 0.15) is 38.2 Å². The normalized spacial score (nSPS) is 12.0. The van der Waals surface area contributed by atoms with Gasteiger partial charge in [0.25, 0.3) is 5.69 Å². The number of nitrogens with one attached hydrogen (secondary N) is 1. The molecule has 0 spiro atoms. The molecule has 0 aliphatic carbocycles. The largest absolute Gasteiger partial charge is 0.330 e. The Morgan fingerprint density at radius 3 is 2.67 bits per heavy atom. The van der Waals surface area contributed by atoms with E-state index in [1.807, 2.05) is 0 Å². The van der Waals surface area contributed by atoms with Crippen molar-refractivity contribution >= 4 is 17.3 Å². The zero-order chi connectivity index (χ0) is 15.8. The van der Waals surface area contributed by atoms with Crippen LogP contribution >= 0.6 is 0 Å². The van der Waals surface area contributed by atoms with Crippen molar-refractivity contribution in [3.63, 3.8) is 0 Å². The lowest BCUT2D eigenvalue weighted by atomic mass is 9.96. The zero-order valence-corrected chi connectivity index (χ0v) is 12.6. The molecule has 0 heterocycles. The lowest BCUT2D eigenvalue weighted by Crippen LogP contribution is -2.15. The van der Waals surface area contributed by atoms with E-state index >= 15 is 0 Å². The maximum Gasteiger partial charge on any atom is 0.272 e. The Morgan fingerprint density at radius 2 is 2.14 bits per heavy atom. The van der Waals surface area contributed by atoms with E-state index in [9.17, 15) is 14.9 Å². The molecule has 1 aromatic carbocycles. The Morgan fingerprint density at radius 1 is 1.43 bits per heavy atom. The van der Waals surface area contributed by atoms with E-state index in [2.05, 4.69) is 12.2 Å². The number of hydrogen-bond donors (Lipinski definition) is 2. The lowest BCUT2D eigenvalue weighted by Gasteiger charge is -2.13. The van der Waals surface area contributed by atoms with Crippen molar-refractivity contribution in [2.45, 2.75) is 39.5 Å². The number of anilines is 1. The van der Waals surface area contributed by atoms with Gasteiger partial charge in [0.2, 0.25) is 5.91 Å². The van der Waals surface area contributed by atoms with Crippen LogP contribution in [0.15, 0.2) is 18.2 Å². The van der Waals surface area contributed by atoms with Crippen LogP contribution in [-0.4, -0.2) is 17.4 Å². The second-order valence-corrected chi connectivity index (χ2v) is 5.20. The van der Waals surface area contributed by atoms with Gasteiger partial charge in [0.1, 0.15) is 0 Å². The number of hydrogen-bond acceptors (Lipinski definition) is 4. The van der Waals surface area contributed by atoms with Crippen molar-refractivity contribution < 1.29 is 9.72 Å². The van der Waals surface area contributed by atoms with Gasteiger partial charge in [-0.2, -0.15) is 0 Å². The highest BCUT2D eigenvalue weighted by Gasteiger charge is 2.12. The second-order valence-electron chi connectivity index (χ2n) is 5.20. The fourth-order valence-corrected chi connectivity index (χ4v) is 2.29. The van der Waals surface area contributed by atoms with E-state index in [1.165, 1.54) is 6.07 Å². The molecule has 1 aromatic rings. The number of carbonyl (C=O) groups is 1. The monoisotopic (exact) mass is 293 g/mol. The highest BCUT2D eigenvalue weighted by atomic mass is 16.6. The van der Waals surface area contributed by atoms with Crippen molar-refractivity contribution in [1.82, 2.24) is 0 Å². The summed E-state index contributed by atoms with van der Waals surface area (Å²) in [7, 11) is 0. The molecule has 0 aromatic heterocycles. The van der Waals surface area contributed by atoms with Crippen molar-refractivity contribution in [2.75, 3.05) is 11.9 Å². The molecule has 0 saturated carbocycles. The van der Waals surface area contributed by atoms with Crippen LogP contribution < -0.4 is 11.1 Å². The number of amides is 1. The molecular formula is C15H23N3O3. The summed E-state index contributed by atoms with van der Waals surface area (Å²) in [5.41, 5.74) is 6.72. The van der Waals surface area contributed by atoms with E-state index in [-0.39, 0.29) is 11.6 Å². The van der Waals surface area contributed by atoms with Crippen molar-refractivity contribution in [3.05, 3.63) is 33.9 Å². The Bertz CT molecular complexity index is 503. The molecule has 21 heavy (non-hydrogen) atoms. The number of aryl methyl sites for hydroxylation is 1. The summed E-state index contributed by atoms with van der Waals surface area (Å²) in [5.74, 6) is 0.401. The molecule has 6 nitrogen and oxygen atoms in total. The summed E-state index contributed by atoms with van der Waals surface area (Å²) in [4.78, 5) is 22.2. The molecule has 0 saturated heterocycles. The Hall–Kier alpha value is -1.95. The van der Waals surface area contributed by atoms with Gasteiger partial charge in [0.05, 0.1) is 4.92 Å². The van der Waals surface area contributed by atoms with Crippen LogP contribution in [0.4, 0.5) is 11.4 Å². The smallest absolute Gasteiger partial charge is 0.272 e. The number of nitrogens with zero attached hydrogens (tertiary/aromatic N) is 1. The Labute approximate surface area is 124 Å². The average Bonchev–Trinajstić information content (AvgIpc) is 2.43. The van der Waals surface area contributed by atoms with E-state index in [0.717, 1.165) is 19.3 Å². The lowest BCUT2D eigenvalue weighted by molar-refractivity contribution is -0.385. The third kappa shape index (κ3) is 5.51. The van der Waals surface area contributed by atoms with Gasteiger partial charge in [-0.1, -0.05) is 13.3 Å². The van der Waals surface area contributed by atoms with Gasteiger partial charge in [-0.25, -0.2) is 0 Å². The highest BCUT2D eigenvalue weighted by molar-refractivity contribution is 5.90. The van der Waals surface area contributed by atoms with Crippen LogP contribution in [0.2, 0.25) is 0 Å². The van der Waals surface area contributed by atoms with E-state index in [1.54, 1.807) is 19.1 Å². The predicted octanol–water partition coefficient (Wildman–Crippen LogP) is 3.00. The first-order valence-electron chi connectivity index (χ1n) is 7.22. The molecule has 0 radical (unpaired) electrons. The molecular weight excluding hydrogens is 270 g/mol. The highest BCUT2D eigenvalue weighted by Crippen LogP contribution is 2.22. The third-order valence-electron chi connectivity index (χ3n) is 3.61. The summed E-state index contributed by atoms with van der Waals surface area (Å²) in [6.07, 6.45) is 3.20. The molecule has 3 N–H and O–H groups in total. The molecule has 116 valence electrons. The van der Waals surface area contributed by atoms with Gasteiger partial charge >= 0.3 is 0 Å². The summed E-state index contributed by atoms with van der Waals surface area (Å²) in [5, 5.41) is 13.5. The van der Waals surface area contributed by atoms with Gasteiger partial charge < -0.3 is 11.1 Å². The minimum atomic E-state index is -0.431. The van der Waals surface area contributed by atoms with Crippen molar-refractivity contribution in [1.29, 1.82) is 0 Å². The molecule has 0 aliphatic heterocycles. The van der Waals surface area contributed by atoms with Crippen LogP contribution in [0.5, 0.6) is 0 Å². The number of nitro groups is 1. The molecule has 6 heteroatoms. The summed E-state index contributed by atoms with van der Waals surface area (Å²) in [6.45, 7) is 4.39. The first-order chi connectivity index (χ1) is 9.97. The van der Waals surface area contributed by atoms with Crippen molar-refractivity contribution in [2.24, 2.45) is 11.7 Å². The number of rotatable bonds is 8. The number of nitro benzene ring substituents is 1. The fraction of sp³-hybridized carbons (Fsp3) is 0.533. The van der Waals surface area contributed by atoms with Gasteiger partial charge in [-0.15, -0.1) is 0 Å². The summed E-state index contributed by atoms with van der Waals surface area (Å²) < 4.78 is 0. The maximum absolute atomic E-state index is 11.9. The van der Waals surface area contributed by atoms with Gasteiger partial charge in [-0.05, 0) is 44.4 Å². The van der Waals surface area contributed by atoms with Crippen LogP contribution in [0.25, 0.3) is 0 Å². The molecule has 0 aliphatic rings. The summed E-state index contributed by atoms with van der Waals surface area (Å²) in [6, 6.07) is 4.58. The van der Waals surface area contributed by atoms with Crippen LogP contribution in [0.3, 0.4) is 0 Å². The average molecular weight is 293 g/mol. The van der Waals surface area contributed by atoms with E-state index in [0.29, 0.717) is 30.1 Å². The number of benzene rings is 1. The minimum absolute atomic E-state index is 0.0574. The Balaban J connectivity index is 2.55.